The van der Waals surface area contributed by atoms with E-state index < -0.39 is 0 Å². The third-order valence-corrected chi connectivity index (χ3v) is 3.86. The van der Waals surface area contributed by atoms with Gasteiger partial charge in [-0.05, 0) is 36.1 Å². The number of halogens is 1. The Morgan fingerprint density at radius 2 is 2.35 bits per heavy atom. The largest absolute Gasteiger partial charge is 0.325 e. The van der Waals surface area contributed by atoms with Crippen LogP contribution in [0.25, 0.3) is 10.1 Å². The van der Waals surface area contributed by atoms with E-state index in [0.717, 1.165) is 15.6 Å². The lowest BCUT2D eigenvalue weighted by molar-refractivity contribution is -0.113. The molecule has 1 heterocycles. The van der Waals surface area contributed by atoms with Crippen LogP contribution in [-0.4, -0.2) is 11.8 Å². The third kappa shape index (κ3) is 2.26. The first kappa shape index (κ1) is 11.9. The molecule has 0 aliphatic carbocycles. The molecule has 0 bridgehead atoms. The zero-order valence-electron chi connectivity index (χ0n) is 9.08. The fourth-order valence-corrected chi connectivity index (χ4v) is 2.65. The number of thiophene rings is 1. The van der Waals surface area contributed by atoms with Crippen molar-refractivity contribution in [2.45, 2.75) is 6.92 Å². The number of fused-ring (bicyclic) bond motifs is 1. The van der Waals surface area contributed by atoms with Crippen molar-refractivity contribution in [3.8, 4) is 6.07 Å². The summed E-state index contributed by atoms with van der Waals surface area (Å²) in [5.74, 6) is -0.302. The Morgan fingerprint density at radius 3 is 3.00 bits per heavy atom. The summed E-state index contributed by atoms with van der Waals surface area (Å²) in [4.78, 5) is 11.9. The molecule has 0 radical (unpaired) electrons. The van der Waals surface area contributed by atoms with Crippen molar-refractivity contribution in [3.05, 3.63) is 28.6 Å². The molecule has 1 aromatic carbocycles. The molecule has 1 N–H and O–H groups in total. The van der Waals surface area contributed by atoms with Gasteiger partial charge in [-0.3, -0.25) is 4.79 Å². The Labute approximate surface area is 108 Å². The molecule has 2 aromatic rings. The number of anilines is 1. The van der Waals surface area contributed by atoms with E-state index in [1.807, 2.05) is 25.1 Å². The zero-order valence-corrected chi connectivity index (χ0v) is 10.7. The minimum absolute atomic E-state index is 0.0654. The summed E-state index contributed by atoms with van der Waals surface area (Å²) in [5.41, 5.74) is 1.66. The van der Waals surface area contributed by atoms with Gasteiger partial charge in [0.15, 0.2) is 0 Å². The Morgan fingerprint density at radius 1 is 1.59 bits per heavy atom. The number of carbonyl (C=O) groups excluding carboxylic acids is 1. The first-order valence-electron chi connectivity index (χ1n) is 4.94. The standard InChI is InChI=1S/C12H9ClN2OS/c1-7-9-4-8(15-12(16)5-13)2-3-10(9)17-11(7)6-14/h2-4H,5H2,1H3,(H,15,16). The molecule has 3 nitrogen and oxygen atoms in total. The number of nitrogens with one attached hydrogen (secondary N) is 1. The van der Waals surface area contributed by atoms with E-state index in [1.54, 1.807) is 0 Å². The van der Waals surface area contributed by atoms with Gasteiger partial charge in [-0.25, -0.2) is 0 Å². The van der Waals surface area contributed by atoms with Gasteiger partial charge in [0, 0.05) is 10.4 Å². The fourth-order valence-electron chi connectivity index (χ4n) is 1.60. The Balaban J connectivity index is 2.47. The SMILES string of the molecule is Cc1c(C#N)sc2ccc(NC(=O)CCl)cc12. The van der Waals surface area contributed by atoms with Crippen molar-refractivity contribution in [3.63, 3.8) is 0 Å². The molecule has 0 aliphatic rings. The number of amides is 1. The number of alkyl halides is 1. The second-order valence-electron chi connectivity index (χ2n) is 3.56. The van der Waals surface area contributed by atoms with Crippen LogP contribution < -0.4 is 5.32 Å². The fraction of sp³-hybridized carbons (Fsp3) is 0.167. The van der Waals surface area contributed by atoms with Gasteiger partial charge in [-0.2, -0.15) is 5.26 Å². The first-order chi connectivity index (χ1) is 8.15. The van der Waals surface area contributed by atoms with Crippen molar-refractivity contribution < 1.29 is 4.79 Å². The molecule has 0 saturated heterocycles. The maximum atomic E-state index is 11.2. The summed E-state index contributed by atoms with van der Waals surface area (Å²) < 4.78 is 1.04. The highest BCUT2D eigenvalue weighted by atomic mass is 35.5. The summed E-state index contributed by atoms with van der Waals surface area (Å²) in [6.07, 6.45) is 0. The molecule has 5 heteroatoms. The zero-order chi connectivity index (χ0) is 12.4. The molecule has 0 spiro atoms. The van der Waals surface area contributed by atoms with Crippen LogP contribution in [0.4, 0.5) is 5.69 Å². The average Bonchev–Trinajstić information content (AvgIpc) is 2.66. The lowest BCUT2D eigenvalue weighted by atomic mass is 10.1. The van der Waals surface area contributed by atoms with E-state index in [9.17, 15) is 4.79 Å². The molecule has 0 fully saturated rings. The molecule has 17 heavy (non-hydrogen) atoms. The van der Waals surface area contributed by atoms with E-state index in [4.69, 9.17) is 16.9 Å². The van der Waals surface area contributed by atoms with Crippen molar-refractivity contribution in [1.29, 1.82) is 5.26 Å². The van der Waals surface area contributed by atoms with Gasteiger partial charge >= 0.3 is 0 Å². The lowest BCUT2D eigenvalue weighted by Crippen LogP contribution is -2.12. The highest BCUT2D eigenvalue weighted by molar-refractivity contribution is 7.19. The van der Waals surface area contributed by atoms with Crippen molar-refractivity contribution in [2.24, 2.45) is 0 Å². The second-order valence-corrected chi connectivity index (χ2v) is 4.88. The minimum atomic E-state index is -0.237. The second kappa shape index (κ2) is 4.74. The first-order valence-corrected chi connectivity index (χ1v) is 6.30. The number of benzene rings is 1. The lowest BCUT2D eigenvalue weighted by Gasteiger charge is -2.02. The van der Waals surface area contributed by atoms with E-state index in [1.165, 1.54) is 11.3 Å². The summed E-state index contributed by atoms with van der Waals surface area (Å²) in [6, 6.07) is 7.74. The molecule has 0 atom stereocenters. The predicted octanol–water partition coefficient (Wildman–Crippen LogP) is 3.26. The normalized spacial score (nSPS) is 10.2. The van der Waals surface area contributed by atoms with E-state index in [0.29, 0.717) is 10.6 Å². The van der Waals surface area contributed by atoms with Crippen LogP contribution in [0.1, 0.15) is 10.4 Å². The molecule has 0 unspecified atom stereocenters. The van der Waals surface area contributed by atoms with Crippen LogP contribution in [0.2, 0.25) is 0 Å². The minimum Gasteiger partial charge on any atom is -0.325 e. The maximum Gasteiger partial charge on any atom is 0.239 e. The van der Waals surface area contributed by atoms with Gasteiger partial charge in [0.2, 0.25) is 5.91 Å². The Hall–Kier alpha value is -1.57. The Bertz CT molecular complexity index is 627. The number of nitrogens with zero attached hydrogens (tertiary/aromatic N) is 1. The average molecular weight is 265 g/mol. The number of carbonyl (C=O) groups is 1. The van der Waals surface area contributed by atoms with Crippen LogP contribution in [0.15, 0.2) is 18.2 Å². The molecule has 1 aromatic heterocycles. The van der Waals surface area contributed by atoms with Gasteiger partial charge in [-0.1, -0.05) is 0 Å². The van der Waals surface area contributed by atoms with Crippen LogP contribution in [0, 0.1) is 18.3 Å². The summed E-state index contributed by atoms with van der Waals surface area (Å²) in [6.45, 7) is 1.91. The van der Waals surface area contributed by atoms with Crippen molar-refractivity contribution in [2.75, 3.05) is 11.2 Å². The third-order valence-electron chi connectivity index (χ3n) is 2.44. The molecule has 86 valence electrons. The van der Waals surface area contributed by atoms with Crippen LogP contribution in [0.5, 0.6) is 0 Å². The van der Waals surface area contributed by atoms with Crippen molar-refractivity contribution in [1.82, 2.24) is 0 Å². The van der Waals surface area contributed by atoms with Gasteiger partial charge in [0.25, 0.3) is 0 Å². The van der Waals surface area contributed by atoms with Gasteiger partial charge in [0.05, 0.1) is 0 Å². The van der Waals surface area contributed by atoms with Gasteiger partial charge in [0.1, 0.15) is 16.8 Å². The topological polar surface area (TPSA) is 52.9 Å². The van der Waals surface area contributed by atoms with E-state index in [-0.39, 0.29) is 11.8 Å². The maximum absolute atomic E-state index is 11.2. The number of aryl methyl sites for hydroxylation is 1. The molecule has 1 amide bonds. The summed E-state index contributed by atoms with van der Waals surface area (Å²) in [5, 5.41) is 12.6. The predicted molar refractivity (Wildman–Crippen MR) is 70.6 cm³/mol. The van der Waals surface area contributed by atoms with Crippen LogP contribution in [0.3, 0.4) is 0 Å². The molecule has 0 saturated carbocycles. The highest BCUT2D eigenvalue weighted by Crippen LogP contribution is 2.32. The molecular formula is C12H9ClN2OS. The number of hydrogen-bond donors (Lipinski definition) is 1. The molecular weight excluding hydrogens is 256 g/mol. The van der Waals surface area contributed by atoms with Crippen molar-refractivity contribution >= 4 is 44.6 Å². The number of nitriles is 1. The number of rotatable bonds is 2. The van der Waals surface area contributed by atoms with Gasteiger partial charge in [-0.15, -0.1) is 22.9 Å². The summed E-state index contributed by atoms with van der Waals surface area (Å²) in [7, 11) is 0. The van der Waals surface area contributed by atoms with Crippen LogP contribution in [-0.2, 0) is 4.79 Å². The highest BCUT2D eigenvalue weighted by Gasteiger charge is 2.09. The van der Waals surface area contributed by atoms with E-state index >= 15 is 0 Å². The summed E-state index contributed by atoms with van der Waals surface area (Å²) >= 11 is 6.88. The quantitative estimate of drug-likeness (QED) is 0.847. The van der Waals surface area contributed by atoms with Crippen LogP contribution >= 0.6 is 22.9 Å². The molecule has 0 aliphatic heterocycles. The number of hydrogen-bond acceptors (Lipinski definition) is 3. The monoisotopic (exact) mass is 264 g/mol. The smallest absolute Gasteiger partial charge is 0.239 e. The van der Waals surface area contributed by atoms with E-state index in [2.05, 4.69) is 11.4 Å². The van der Waals surface area contributed by atoms with Gasteiger partial charge < -0.3 is 5.32 Å². The Kier molecular flexibility index (Phi) is 3.32. The molecule has 2 rings (SSSR count).